The number of aryl methyl sites for hydroxylation is 1. The molecule has 1 aromatic heterocycles. The Morgan fingerprint density at radius 3 is 2.65 bits per heavy atom. The maximum Gasteiger partial charge on any atom is 0.287 e. The largest absolute Gasteiger partial charge is 0.485 e. The Labute approximate surface area is 157 Å². The average Bonchev–Trinajstić information content (AvgIpc) is 3.11. The fourth-order valence-electron chi connectivity index (χ4n) is 2.59. The van der Waals surface area contributed by atoms with E-state index >= 15 is 0 Å². The highest BCUT2D eigenvalue weighted by atomic mass is 35.5. The van der Waals surface area contributed by atoms with E-state index in [0.717, 1.165) is 16.9 Å². The summed E-state index contributed by atoms with van der Waals surface area (Å²) in [5, 5.41) is 3.59. The van der Waals surface area contributed by atoms with Crippen LogP contribution in [0, 0.1) is 6.92 Å². The van der Waals surface area contributed by atoms with Gasteiger partial charge in [-0.2, -0.15) is 0 Å². The summed E-state index contributed by atoms with van der Waals surface area (Å²) in [6, 6.07) is 18.5. The fourth-order valence-corrected chi connectivity index (χ4v) is 2.82. The molecule has 0 fully saturated rings. The maximum absolute atomic E-state index is 12.3. The molecule has 0 saturated heterocycles. The summed E-state index contributed by atoms with van der Waals surface area (Å²) < 4.78 is 11.3. The number of benzene rings is 2. The molecule has 0 bridgehead atoms. The van der Waals surface area contributed by atoms with Crippen LogP contribution in [0.5, 0.6) is 5.75 Å². The van der Waals surface area contributed by atoms with Crippen LogP contribution in [-0.4, -0.2) is 5.91 Å². The van der Waals surface area contributed by atoms with Crippen molar-refractivity contribution in [3.05, 3.63) is 88.3 Å². The minimum Gasteiger partial charge on any atom is -0.485 e. The van der Waals surface area contributed by atoms with Crippen LogP contribution in [0.4, 0.5) is 0 Å². The third kappa shape index (κ3) is 4.46. The lowest BCUT2D eigenvalue weighted by molar-refractivity contribution is 0.0907. The van der Waals surface area contributed by atoms with Crippen molar-refractivity contribution in [2.24, 2.45) is 0 Å². The van der Waals surface area contributed by atoms with Gasteiger partial charge in [-0.25, -0.2) is 0 Å². The van der Waals surface area contributed by atoms with E-state index in [0.29, 0.717) is 10.8 Å². The number of halogens is 1. The molecule has 5 heteroatoms. The van der Waals surface area contributed by atoms with Crippen molar-refractivity contribution in [1.82, 2.24) is 5.32 Å². The zero-order valence-corrected chi connectivity index (χ0v) is 15.4. The molecular formula is C21H20ClNO3. The predicted molar refractivity (Wildman–Crippen MR) is 102 cm³/mol. The van der Waals surface area contributed by atoms with Gasteiger partial charge < -0.3 is 14.5 Å². The molecule has 3 rings (SSSR count). The number of hydrogen-bond donors (Lipinski definition) is 1. The topological polar surface area (TPSA) is 51.5 Å². The van der Waals surface area contributed by atoms with Crippen LogP contribution in [0.15, 0.2) is 65.1 Å². The Hall–Kier alpha value is -2.72. The zero-order chi connectivity index (χ0) is 18.5. The number of furan rings is 1. The van der Waals surface area contributed by atoms with Crippen molar-refractivity contribution in [2.75, 3.05) is 0 Å². The Bertz CT molecular complexity index is 889. The van der Waals surface area contributed by atoms with Crippen molar-refractivity contribution >= 4 is 17.5 Å². The summed E-state index contributed by atoms with van der Waals surface area (Å²) in [6.45, 7) is 4.10. The van der Waals surface area contributed by atoms with Crippen LogP contribution >= 0.6 is 11.6 Å². The molecule has 2 aromatic carbocycles. The van der Waals surface area contributed by atoms with E-state index in [-0.39, 0.29) is 24.3 Å². The standard InChI is InChI=1S/C21H20ClNO3/c1-14-12-17(22)8-10-19(14)25-13-18-9-11-20(26-18)21(24)23-15(2)16-6-4-3-5-7-16/h3-12,15H,13H2,1-2H3,(H,23,24). The van der Waals surface area contributed by atoms with Crippen molar-refractivity contribution in [2.45, 2.75) is 26.5 Å². The van der Waals surface area contributed by atoms with E-state index in [1.54, 1.807) is 18.2 Å². The van der Waals surface area contributed by atoms with Crippen LogP contribution in [0.2, 0.25) is 5.02 Å². The summed E-state index contributed by atoms with van der Waals surface area (Å²) in [6.07, 6.45) is 0. The molecular weight excluding hydrogens is 350 g/mol. The minimum atomic E-state index is -0.254. The predicted octanol–water partition coefficient (Wildman–Crippen LogP) is 5.31. The summed E-state index contributed by atoms with van der Waals surface area (Å²) in [5.74, 6) is 1.32. The molecule has 0 spiro atoms. The van der Waals surface area contributed by atoms with Crippen molar-refractivity contribution < 1.29 is 13.9 Å². The number of ether oxygens (including phenoxy) is 1. The molecule has 0 aliphatic rings. The Kier molecular flexibility index (Phi) is 5.64. The molecule has 1 amide bonds. The molecule has 26 heavy (non-hydrogen) atoms. The van der Waals surface area contributed by atoms with Crippen molar-refractivity contribution in [3.8, 4) is 5.75 Å². The number of nitrogens with one attached hydrogen (secondary N) is 1. The second-order valence-corrected chi connectivity index (χ2v) is 6.51. The third-order valence-corrected chi connectivity index (χ3v) is 4.27. The number of hydrogen-bond acceptors (Lipinski definition) is 3. The smallest absolute Gasteiger partial charge is 0.287 e. The summed E-state index contributed by atoms with van der Waals surface area (Å²) >= 11 is 5.94. The van der Waals surface area contributed by atoms with Gasteiger partial charge in [0.05, 0.1) is 6.04 Å². The quantitative estimate of drug-likeness (QED) is 0.640. The molecule has 0 radical (unpaired) electrons. The molecule has 4 nitrogen and oxygen atoms in total. The first-order chi connectivity index (χ1) is 12.5. The van der Waals surface area contributed by atoms with E-state index < -0.39 is 0 Å². The number of amides is 1. The van der Waals surface area contributed by atoms with Crippen LogP contribution in [0.3, 0.4) is 0 Å². The molecule has 1 heterocycles. The van der Waals surface area contributed by atoms with Crippen molar-refractivity contribution in [1.29, 1.82) is 0 Å². The van der Waals surface area contributed by atoms with Gasteiger partial charge in [-0.1, -0.05) is 41.9 Å². The van der Waals surface area contributed by atoms with Gasteiger partial charge in [0.25, 0.3) is 5.91 Å². The normalized spacial score (nSPS) is 11.8. The van der Waals surface area contributed by atoms with E-state index in [2.05, 4.69) is 5.32 Å². The number of rotatable bonds is 6. The van der Waals surface area contributed by atoms with Gasteiger partial charge in [-0.15, -0.1) is 0 Å². The second kappa shape index (κ2) is 8.11. The SMILES string of the molecule is Cc1cc(Cl)ccc1OCc1ccc(C(=O)NC(C)c2ccccc2)o1. The lowest BCUT2D eigenvalue weighted by Crippen LogP contribution is -2.26. The van der Waals surface area contributed by atoms with E-state index in [1.165, 1.54) is 0 Å². The monoisotopic (exact) mass is 369 g/mol. The van der Waals surface area contributed by atoms with Gasteiger partial charge in [0, 0.05) is 5.02 Å². The lowest BCUT2D eigenvalue weighted by atomic mass is 10.1. The minimum absolute atomic E-state index is 0.106. The van der Waals surface area contributed by atoms with Crippen molar-refractivity contribution in [3.63, 3.8) is 0 Å². The zero-order valence-electron chi connectivity index (χ0n) is 14.7. The molecule has 1 N–H and O–H groups in total. The molecule has 0 aliphatic heterocycles. The second-order valence-electron chi connectivity index (χ2n) is 6.07. The fraction of sp³-hybridized carbons (Fsp3) is 0.190. The summed E-state index contributed by atoms with van der Waals surface area (Å²) in [5.41, 5.74) is 1.98. The van der Waals surface area contributed by atoms with Gasteiger partial charge in [0.2, 0.25) is 0 Å². The van der Waals surface area contributed by atoms with Gasteiger partial charge in [0.15, 0.2) is 5.76 Å². The number of carbonyl (C=O) groups excluding carboxylic acids is 1. The Morgan fingerprint density at radius 1 is 1.15 bits per heavy atom. The van der Waals surface area contributed by atoms with Crippen LogP contribution in [0.25, 0.3) is 0 Å². The lowest BCUT2D eigenvalue weighted by Gasteiger charge is -2.13. The van der Waals surface area contributed by atoms with E-state index in [4.69, 9.17) is 20.8 Å². The highest BCUT2D eigenvalue weighted by molar-refractivity contribution is 6.30. The van der Waals surface area contributed by atoms with Gasteiger partial charge >= 0.3 is 0 Å². The molecule has 3 aromatic rings. The average molecular weight is 370 g/mol. The Balaban J connectivity index is 1.59. The first-order valence-corrected chi connectivity index (χ1v) is 8.74. The molecule has 134 valence electrons. The first kappa shape index (κ1) is 18.1. The van der Waals surface area contributed by atoms with E-state index in [1.807, 2.05) is 56.3 Å². The summed E-state index contributed by atoms with van der Waals surface area (Å²) in [4.78, 5) is 12.3. The molecule has 0 aliphatic carbocycles. The van der Waals surface area contributed by atoms with Gasteiger partial charge in [-0.3, -0.25) is 4.79 Å². The Morgan fingerprint density at radius 2 is 1.92 bits per heavy atom. The highest BCUT2D eigenvalue weighted by Gasteiger charge is 2.15. The maximum atomic E-state index is 12.3. The molecule has 0 saturated carbocycles. The highest BCUT2D eigenvalue weighted by Crippen LogP contribution is 2.23. The van der Waals surface area contributed by atoms with Crippen LogP contribution in [0.1, 0.15) is 40.4 Å². The number of carbonyl (C=O) groups is 1. The van der Waals surface area contributed by atoms with Crippen LogP contribution in [-0.2, 0) is 6.61 Å². The van der Waals surface area contributed by atoms with E-state index in [9.17, 15) is 4.79 Å². The molecule has 1 unspecified atom stereocenters. The first-order valence-electron chi connectivity index (χ1n) is 8.36. The van der Waals surface area contributed by atoms with Gasteiger partial charge in [0.1, 0.15) is 18.1 Å². The summed E-state index contributed by atoms with van der Waals surface area (Å²) in [7, 11) is 0. The third-order valence-electron chi connectivity index (χ3n) is 4.04. The van der Waals surface area contributed by atoms with Gasteiger partial charge in [-0.05, 0) is 55.3 Å². The van der Waals surface area contributed by atoms with Crippen LogP contribution < -0.4 is 10.1 Å². The molecule has 1 atom stereocenters.